The van der Waals surface area contributed by atoms with Crippen molar-refractivity contribution in [3.8, 4) is 28.0 Å². The number of fused-ring (bicyclic) bond motifs is 1. The van der Waals surface area contributed by atoms with Crippen LogP contribution in [-0.4, -0.2) is 37.4 Å². The molecule has 0 spiro atoms. The lowest BCUT2D eigenvalue weighted by atomic mass is 9.98. The highest BCUT2D eigenvalue weighted by atomic mass is 35.5. The Labute approximate surface area is 210 Å². The van der Waals surface area contributed by atoms with Gasteiger partial charge in [-0.2, -0.15) is 0 Å². The van der Waals surface area contributed by atoms with Gasteiger partial charge >= 0.3 is 0 Å². The van der Waals surface area contributed by atoms with Crippen LogP contribution in [0, 0.1) is 0 Å². The van der Waals surface area contributed by atoms with E-state index in [1.807, 2.05) is 36.5 Å². The number of hydrogen-bond acceptors (Lipinski definition) is 4. The number of halogens is 2. The molecule has 5 rings (SSSR count). The highest BCUT2D eigenvalue weighted by molar-refractivity contribution is 6.42. The molecule has 4 nitrogen and oxygen atoms in total. The molecule has 1 fully saturated rings. The molecule has 174 valence electrons. The minimum atomic E-state index is 0.220. The fraction of sp³-hybridized carbons (Fsp3) is 0.250. The number of para-hydroxylation sites is 1. The lowest BCUT2D eigenvalue weighted by Crippen LogP contribution is -2.45. The molecule has 1 unspecified atom stereocenters. The normalized spacial score (nSPS) is 18.3. The van der Waals surface area contributed by atoms with Gasteiger partial charge in [-0.3, -0.25) is 4.98 Å². The molecular formula is C28H26Cl2N2O2. The first-order chi connectivity index (χ1) is 16.4. The Morgan fingerprint density at radius 3 is 2.26 bits per heavy atom. The summed E-state index contributed by atoms with van der Waals surface area (Å²) in [5.74, 6) is 0.799. The maximum Gasteiger partial charge on any atom is 0.137 e. The molecule has 3 aromatic carbocycles. The van der Waals surface area contributed by atoms with Gasteiger partial charge in [-0.15, -0.1) is 0 Å². The molecule has 6 heteroatoms. The van der Waals surface area contributed by atoms with Gasteiger partial charge in [-0.05, 0) is 55.3 Å². The van der Waals surface area contributed by atoms with E-state index in [1.165, 1.54) is 5.69 Å². The third-order valence-corrected chi connectivity index (χ3v) is 6.98. The number of benzene rings is 3. The maximum absolute atomic E-state index is 6.28. The lowest BCUT2D eigenvalue weighted by molar-refractivity contribution is -0.00521. The maximum atomic E-state index is 6.28. The molecule has 0 amide bonds. The smallest absolute Gasteiger partial charge is 0.137 e. The number of morpholine rings is 1. The van der Waals surface area contributed by atoms with E-state index in [-0.39, 0.29) is 12.2 Å². The SMILES string of the molecule is COc1c(-c2ccc(N3CC(C)O[C@H](C)C3)cc2)cnc2c(-c3ccc(Cl)c(Cl)c3)cccc12. The number of ether oxygens (including phenoxy) is 2. The Balaban J connectivity index is 1.54. The van der Waals surface area contributed by atoms with Crippen molar-refractivity contribution in [2.24, 2.45) is 0 Å². The predicted molar refractivity (Wildman–Crippen MR) is 141 cm³/mol. The summed E-state index contributed by atoms with van der Waals surface area (Å²) in [6, 6.07) is 20.3. The number of methoxy groups -OCH3 is 1. The second kappa shape index (κ2) is 9.46. The molecule has 0 aliphatic carbocycles. The van der Waals surface area contributed by atoms with Gasteiger partial charge in [-0.1, -0.05) is 53.5 Å². The van der Waals surface area contributed by atoms with Crippen LogP contribution in [0.4, 0.5) is 5.69 Å². The third kappa shape index (κ3) is 4.34. The van der Waals surface area contributed by atoms with E-state index < -0.39 is 0 Å². The molecule has 0 saturated carbocycles. The molecule has 0 radical (unpaired) electrons. The number of anilines is 1. The molecule has 4 aromatic rings. The van der Waals surface area contributed by atoms with Gasteiger partial charge in [-0.25, -0.2) is 0 Å². The molecule has 0 N–H and O–H groups in total. The number of aromatic nitrogens is 1. The van der Waals surface area contributed by atoms with Gasteiger partial charge in [0, 0.05) is 41.5 Å². The standard InChI is InChI=1S/C28H26Cl2N2O2/c1-17-15-32(16-18(2)34-17)21-10-7-19(8-11-21)24-14-31-27-22(5-4-6-23(27)28(24)33-3)20-9-12-25(29)26(30)13-20/h4-14,17-18H,15-16H2,1-3H3/t17-,18?/m1/s1. The molecule has 1 aliphatic heterocycles. The van der Waals surface area contributed by atoms with E-state index in [0.29, 0.717) is 10.0 Å². The van der Waals surface area contributed by atoms with Crippen LogP contribution in [0.25, 0.3) is 33.2 Å². The van der Waals surface area contributed by atoms with Crippen LogP contribution in [0.15, 0.2) is 66.9 Å². The third-order valence-electron chi connectivity index (χ3n) is 6.25. The van der Waals surface area contributed by atoms with E-state index in [4.69, 9.17) is 37.7 Å². The van der Waals surface area contributed by atoms with Crippen molar-refractivity contribution in [1.82, 2.24) is 4.98 Å². The Morgan fingerprint density at radius 1 is 0.882 bits per heavy atom. The quantitative estimate of drug-likeness (QED) is 0.295. The zero-order valence-corrected chi connectivity index (χ0v) is 20.9. The van der Waals surface area contributed by atoms with Crippen molar-refractivity contribution in [3.05, 3.63) is 76.9 Å². The van der Waals surface area contributed by atoms with Crippen molar-refractivity contribution in [1.29, 1.82) is 0 Å². The first kappa shape index (κ1) is 23.0. The second-order valence-electron chi connectivity index (χ2n) is 8.74. The van der Waals surface area contributed by atoms with Crippen LogP contribution < -0.4 is 9.64 Å². The summed E-state index contributed by atoms with van der Waals surface area (Å²) >= 11 is 12.4. The highest BCUT2D eigenvalue weighted by Gasteiger charge is 2.22. The van der Waals surface area contributed by atoms with Crippen LogP contribution >= 0.6 is 23.2 Å². The molecular weight excluding hydrogens is 467 g/mol. The first-order valence-electron chi connectivity index (χ1n) is 11.4. The zero-order chi connectivity index (χ0) is 23.8. The number of rotatable bonds is 4. The number of nitrogens with zero attached hydrogens (tertiary/aromatic N) is 2. The lowest BCUT2D eigenvalue weighted by Gasteiger charge is -2.36. The number of pyridine rings is 1. The monoisotopic (exact) mass is 492 g/mol. The van der Waals surface area contributed by atoms with Gasteiger partial charge in [0.1, 0.15) is 5.75 Å². The Kier molecular flexibility index (Phi) is 6.39. The highest BCUT2D eigenvalue weighted by Crippen LogP contribution is 2.40. The van der Waals surface area contributed by atoms with Gasteiger partial charge in [0.2, 0.25) is 0 Å². The zero-order valence-electron chi connectivity index (χ0n) is 19.4. The molecule has 0 bridgehead atoms. The minimum Gasteiger partial charge on any atom is -0.495 e. The van der Waals surface area contributed by atoms with Gasteiger partial charge in [0.05, 0.1) is 34.9 Å². The molecule has 1 aromatic heterocycles. The molecule has 1 saturated heterocycles. The fourth-order valence-corrected chi connectivity index (χ4v) is 5.06. The van der Waals surface area contributed by atoms with Gasteiger partial charge in [0.15, 0.2) is 0 Å². The fourth-order valence-electron chi connectivity index (χ4n) is 4.76. The van der Waals surface area contributed by atoms with E-state index in [0.717, 1.165) is 52.0 Å². The van der Waals surface area contributed by atoms with Gasteiger partial charge in [0.25, 0.3) is 0 Å². The predicted octanol–water partition coefficient (Wildman–Crippen LogP) is 7.50. The van der Waals surface area contributed by atoms with E-state index in [1.54, 1.807) is 13.2 Å². The van der Waals surface area contributed by atoms with Crippen molar-refractivity contribution < 1.29 is 9.47 Å². The summed E-state index contributed by atoms with van der Waals surface area (Å²) in [6.07, 6.45) is 2.33. The topological polar surface area (TPSA) is 34.6 Å². The molecule has 34 heavy (non-hydrogen) atoms. The summed E-state index contributed by atoms with van der Waals surface area (Å²) in [5, 5.41) is 2.00. The Bertz CT molecular complexity index is 1330. The summed E-state index contributed by atoms with van der Waals surface area (Å²) in [7, 11) is 1.70. The Hall–Kier alpha value is -2.79. The molecule has 2 heterocycles. The van der Waals surface area contributed by atoms with Gasteiger partial charge < -0.3 is 14.4 Å². The average molecular weight is 493 g/mol. The van der Waals surface area contributed by atoms with Crippen LogP contribution in [0.1, 0.15) is 13.8 Å². The Morgan fingerprint density at radius 2 is 1.59 bits per heavy atom. The number of hydrogen-bond donors (Lipinski definition) is 0. The van der Waals surface area contributed by atoms with Crippen molar-refractivity contribution >= 4 is 39.8 Å². The molecule has 2 atom stereocenters. The summed E-state index contributed by atoms with van der Waals surface area (Å²) in [4.78, 5) is 7.22. The van der Waals surface area contributed by atoms with E-state index >= 15 is 0 Å². The van der Waals surface area contributed by atoms with Crippen LogP contribution in [0.5, 0.6) is 5.75 Å². The summed E-state index contributed by atoms with van der Waals surface area (Å²) in [6.45, 7) is 6.02. The average Bonchev–Trinajstić information content (AvgIpc) is 2.84. The van der Waals surface area contributed by atoms with E-state index in [9.17, 15) is 0 Å². The molecule has 1 aliphatic rings. The summed E-state index contributed by atoms with van der Waals surface area (Å²) in [5.41, 5.74) is 6.00. The van der Waals surface area contributed by atoms with Crippen molar-refractivity contribution in [2.75, 3.05) is 25.1 Å². The minimum absolute atomic E-state index is 0.220. The first-order valence-corrected chi connectivity index (χ1v) is 12.1. The van der Waals surface area contributed by atoms with Crippen molar-refractivity contribution in [3.63, 3.8) is 0 Å². The van der Waals surface area contributed by atoms with E-state index in [2.05, 4.69) is 43.0 Å². The van der Waals surface area contributed by atoms with Crippen LogP contribution in [0.3, 0.4) is 0 Å². The summed E-state index contributed by atoms with van der Waals surface area (Å²) < 4.78 is 11.8. The second-order valence-corrected chi connectivity index (χ2v) is 9.56. The van der Waals surface area contributed by atoms with Crippen LogP contribution in [-0.2, 0) is 4.74 Å². The van der Waals surface area contributed by atoms with Crippen LogP contribution in [0.2, 0.25) is 10.0 Å². The van der Waals surface area contributed by atoms with Crippen molar-refractivity contribution in [2.45, 2.75) is 26.1 Å². The largest absolute Gasteiger partial charge is 0.495 e.